The van der Waals surface area contributed by atoms with Gasteiger partial charge in [0.25, 0.3) is 0 Å². The molecule has 1 aromatic carbocycles. The molecule has 0 unspecified atom stereocenters. The average Bonchev–Trinajstić information content (AvgIpc) is 2.71. The zero-order chi connectivity index (χ0) is 31.7. The van der Waals surface area contributed by atoms with Crippen LogP contribution in [-0.2, 0) is 9.47 Å². The van der Waals surface area contributed by atoms with Crippen molar-refractivity contribution < 1.29 is 72.1 Å². The van der Waals surface area contributed by atoms with Crippen LogP contribution in [-0.4, -0.2) is 47.3 Å². The normalized spacial score (nSPS) is 14.2. The van der Waals surface area contributed by atoms with Crippen LogP contribution in [0, 0.1) is 0 Å². The lowest BCUT2D eigenvalue weighted by Gasteiger charge is -2.32. The molecule has 0 radical (unpaired) electrons. The van der Waals surface area contributed by atoms with E-state index in [1.165, 1.54) is 41.5 Å². The van der Waals surface area contributed by atoms with Crippen molar-refractivity contribution >= 4 is 23.6 Å². The summed E-state index contributed by atoms with van der Waals surface area (Å²) in [4.78, 5) is 24.2. The lowest BCUT2D eigenvalue weighted by Crippen LogP contribution is -2.61. The van der Waals surface area contributed by atoms with Crippen LogP contribution >= 0.6 is 0 Å². The monoisotopic (exact) mass is 604 g/mol. The Labute approximate surface area is 219 Å². The van der Waals surface area contributed by atoms with Crippen molar-refractivity contribution in [3.63, 3.8) is 0 Å². The summed E-state index contributed by atoms with van der Waals surface area (Å²) in [6.07, 6.45) is -9.60. The molecule has 0 saturated heterocycles. The molecule has 0 saturated carbocycles. The Morgan fingerprint density at radius 1 is 0.675 bits per heavy atom. The molecule has 7 nitrogen and oxygen atoms in total. The maximum Gasteiger partial charge on any atom is 0.460 e. The highest BCUT2D eigenvalue weighted by atomic mass is 19.4. The van der Waals surface area contributed by atoms with Crippen LogP contribution in [0.5, 0.6) is 5.75 Å². The summed E-state index contributed by atoms with van der Waals surface area (Å²) in [5.74, 6) is -27.2. The van der Waals surface area contributed by atoms with E-state index in [1.807, 2.05) is 5.32 Å². The zero-order valence-corrected chi connectivity index (χ0v) is 21.4. The molecule has 40 heavy (non-hydrogen) atoms. The minimum absolute atomic E-state index is 0.348. The molecule has 228 valence electrons. The Bertz CT molecular complexity index is 1140. The molecule has 1 rings (SSSR count). The maximum absolute atomic E-state index is 14.0. The summed E-state index contributed by atoms with van der Waals surface area (Å²) in [5.41, 5.74) is -3.02. The van der Waals surface area contributed by atoms with Gasteiger partial charge in [-0.1, -0.05) is 0 Å². The molecule has 0 aromatic heterocycles. The molecule has 0 bridgehead atoms. The second kappa shape index (κ2) is 11.2. The molecule has 2 N–H and O–H groups in total. The quantitative estimate of drug-likeness (QED) is 0.242. The smallest absolute Gasteiger partial charge is 0.444 e. The van der Waals surface area contributed by atoms with Gasteiger partial charge >= 0.3 is 42.1 Å². The van der Waals surface area contributed by atoms with E-state index in [-0.39, 0.29) is 5.69 Å². The Morgan fingerprint density at radius 2 is 1.10 bits per heavy atom. The zero-order valence-electron chi connectivity index (χ0n) is 21.4. The lowest BCUT2D eigenvalue weighted by molar-refractivity contribution is -0.392. The minimum Gasteiger partial charge on any atom is -0.444 e. The molecule has 0 aliphatic carbocycles. The number of allylic oxidation sites excluding steroid dienone is 1. The minimum atomic E-state index is -7.49. The first-order valence-corrected chi connectivity index (χ1v) is 10.7. The van der Waals surface area contributed by atoms with Crippen molar-refractivity contribution in [2.75, 3.05) is 10.6 Å². The van der Waals surface area contributed by atoms with Gasteiger partial charge in [0.1, 0.15) is 17.0 Å². The van der Waals surface area contributed by atoms with Crippen LogP contribution in [0.4, 0.5) is 69.3 Å². The third kappa shape index (κ3) is 8.27. The van der Waals surface area contributed by atoms with E-state index in [0.29, 0.717) is 12.1 Å². The van der Waals surface area contributed by atoms with Crippen LogP contribution in [0.25, 0.3) is 0 Å². The van der Waals surface area contributed by atoms with Gasteiger partial charge in [-0.05, 0) is 53.7 Å². The molecule has 0 aliphatic heterocycles. The van der Waals surface area contributed by atoms with Gasteiger partial charge in [-0.15, -0.1) is 0 Å². The lowest BCUT2D eigenvalue weighted by atomic mass is 10.0. The van der Waals surface area contributed by atoms with Crippen molar-refractivity contribution in [3.05, 3.63) is 30.0 Å². The molecule has 0 aliphatic rings. The number of amides is 2. The maximum atomic E-state index is 14.0. The van der Waals surface area contributed by atoms with Crippen LogP contribution in [0.15, 0.2) is 30.0 Å². The van der Waals surface area contributed by atoms with Gasteiger partial charge in [-0.3, -0.25) is 10.6 Å². The molecule has 18 heteroatoms. The number of halogens is 11. The third-order valence-electron chi connectivity index (χ3n) is 4.06. The molecular weight excluding hydrogens is 581 g/mol. The van der Waals surface area contributed by atoms with E-state index in [4.69, 9.17) is 9.47 Å². The van der Waals surface area contributed by atoms with Crippen molar-refractivity contribution in [3.8, 4) is 5.75 Å². The van der Waals surface area contributed by atoms with Crippen molar-refractivity contribution in [2.45, 2.75) is 76.7 Å². The molecule has 0 heterocycles. The summed E-state index contributed by atoms with van der Waals surface area (Å²) in [7, 11) is 0. The second-order valence-corrected chi connectivity index (χ2v) is 9.87. The summed E-state index contributed by atoms with van der Waals surface area (Å²) in [6, 6.07) is -1.45. The van der Waals surface area contributed by atoms with E-state index >= 15 is 0 Å². The highest BCUT2D eigenvalue weighted by molar-refractivity contribution is 5.95. The number of ether oxygens (including phenoxy) is 3. The van der Waals surface area contributed by atoms with E-state index in [1.54, 1.807) is 0 Å². The fourth-order valence-corrected chi connectivity index (χ4v) is 2.41. The number of benzene rings is 1. The molecule has 0 spiro atoms. The number of nitrogens with one attached hydrogen (secondary N) is 2. The number of carbonyl (C=O) groups excluding carboxylic acids is 2. The van der Waals surface area contributed by atoms with Gasteiger partial charge < -0.3 is 14.2 Å². The second-order valence-electron chi connectivity index (χ2n) is 9.87. The summed E-state index contributed by atoms with van der Waals surface area (Å²) >= 11 is 0. The first-order chi connectivity index (χ1) is 17.6. The van der Waals surface area contributed by atoms with Crippen LogP contribution < -0.4 is 15.4 Å². The highest BCUT2D eigenvalue weighted by Crippen LogP contribution is 2.55. The Balaban J connectivity index is 3.47. The van der Waals surface area contributed by atoms with E-state index in [2.05, 4.69) is 10.1 Å². The number of alkyl halides is 9. The van der Waals surface area contributed by atoms with Crippen molar-refractivity contribution in [1.82, 2.24) is 0 Å². The first-order valence-electron chi connectivity index (χ1n) is 10.7. The summed E-state index contributed by atoms with van der Waals surface area (Å²) < 4.78 is 159. The predicted molar refractivity (Wildman–Crippen MR) is 117 cm³/mol. The van der Waals surface area contributed by atoms with Gasteiger partial charge in [-0.2, -0.15) is 48.3 Å². The largest absolute Gasteiger partial charge is 0.460 e. The number of rotatable bonds is 7. The molecule has 0 fully saturated rings. The third-order valence-corrected chi connectivity index (χ3v) is 4.06. The molecule has 2 amide bonds. The van der Waals surface area contributed by atoms with E-state index in [9.17, 15) is 57.9 Å². The van der Waals surface area contributed by atoms with Crippen molar-refractivity contribution in [2.24, 2.45) is 0 Å². The number of carbonyl (C=O) groups is 2. The van der Waals surface area contributed by atoms with Gasteiger partial charge in [0.2, 0.25) is 5.83 Å². The standard InChI is InChI=1S/C22H23F11N2O5/c1-17(2,3)39-15(36)34-11-8-7-10(9-12(11)35-16(37)40-18(4,5)6)38-14(24)13(23)19(25,26)20(27,28)21(29,30)22(31,32)33/h7-9H,1-6H3,(H,34,36)(H,35,37). The number of anilines is 2. The summed E-state index contributed by atoms with van der Waals surface area (Å²) in [5, 5.41) is 4.17. The molecule has 1 aromatic rings. The Kier molecular flexibility index (Phi) is 9.67. The summed E-state index contributed by atoms with van der Waals surface area (Å²) in [6.45, 7) is 8.76. The van der Waals surface area contributed by atoms with Gasteiger partial charge in [0, 0.05) is 6.07 Å². The van der Waals surface area contributed by atoms with Crippen LogP contribution in [0.2, 0.25) is 0 Å². The number of hydrogen-bond donors (Lipinski definition) is 2. The SMILES string of the molecule is CC(C)(C)OC(=O)Nc1ccc(OC(F)=C(F)C(F)(F)C(F)(F)C(F)(F)C(F)(F)F)cc1NC(=O)OC(C)(C)C. The van der Waals surface area contributed by atoms with Gasteiger partial charge in [0.05, 0.1) is 11.4 Å². The Hall–Kier alpha value is -3.47. The fourth-order valence-electron chi connectivity index (χ4n) is 2.41. The first kappa shape index (κ1) is 34.6. The molecular formula is C22H23F11N2O5. The Morgan fingerprint density at radius 3 is 1.50 bits per heavy atom. The fraction of sp³-hybridized carbons (Fsp3) is 0.545. The van der Waals surface area contributed by atoms with E-state index < -0.39 is 70.6 Å². The van der Waals surface area contributed by atoms with Gasteiger partial charge in [-0.25, -0.2) is 9.59 Å². The molecule has 0 atom stereocenters. The predicted octanol–water partition coefficient (Wildman–Crippen LogP) is 8.34. The van der Waals surface area contributed by atoms with Crippen LogP contribution in [0.3, 0.4) is 0 Å². The van der Waals surface area contributed by atoms with Crippen molar-refractivity contribution in [1.29, 1.82) is 0 Å². The van der Waals surface area contributed by atoms with E-state index in [0.717, 1.165) is 6.07 Å². The van der Waals surface area contributed by atoms with Gasteiger partial charge in [0.15, 0.2) is 0 Å². The average molecular weight is 604 g/mol. The highest BCUT2D eigenvalue weighted by Gasteiger charge is 2.83. The number of hydrogen-bond acceptors (Lipinski definition) is 5. The van der Waals surface area contributed by atoms with Crippen LogP contribution in [0.1, 0.15) is 41.5 Å². The topological polar surface area (TPSA) is 85.9 Å².